The standard InChI is InChI=1S/C24H38N2O2Si/c1-5-25(6-2)19-21-27-29(23-15-11-9-12-16-23,24-17-13-10-14-18-24)28-22-20-26(7-3)8-4/h9-18H,5-8,19-22H2,1-4H3. The van der Waals surface area contributed by atoms with Gasteiger partial charge in [-0.3, -0.25) is 0 Å². The van der Waals surface area contributed by atoms with E-state index in [9.17, 15) is 0 Å². The molecule has 0 bridgehead atoms. The summed E-state index contributed by atoms with van der Waals surface area (Å²) in [5.41, 5.74) is 0. The maximum Gasteiger partial charge on any atom is 0.407 e. The highest BCUT2D eigenvalue weighted by atomic mass is 28.4. The number of nitrogens with zero attached hydrogens (tertiary/aromatic N) is 2. The van der Waals surface area contributed by atoms with E-state index in [4.69, 9.17) is 8.85 Å². The Morgan fingerprint density at radius 2 is 0.931 bits per heavy atom. The third-order valence-electron chi connectivity index (χ3n) is 5.52. The molecule has 0 N–H and O–H groups in total. The maximum absolute atomic E-state index is 6.74. The van der Waals surface area contributed by atoms with Crippen LogP contribution in [-0.4, -0.2) is 70.8 Å². The molecule has 2 aromatic rings. The third kappa shape index (κ3) is 6.76. The normalized spacial score (nSPS) is 12.1. The zero-order chi connectivity index (χ0) is 21.0. The van der Waals surface area contributed by atoms with E-state index >= 15 is 0 Å². The number of hydrogen-bond acceptors (Lipinski definition) is 4. The molecule has 29 heavy (non-hydrogen) atoms. The average molecular weight is 415 g/mol. The molecule has 0 fully saturated rings. The van der Waals surface area contributed by atoms with E-state index in [1.54, 1.807) is 0 Å². The zero-order valence-corrected chi connectivity index (χ0v) is 19.6. The summed E-state index contributed by atoms with van der Waals surface area (Å²) in [5.74, 6) is 0. The predicted octanol–water partition coefficient (Wildman–Crippen LogP) is 2.96. The first kappa shape index (κ1) is 23.8. The summed E-state index contributed by atoms with van der Waals surface area (Å²) in [7, 11) is -2.79. The first-order valence-electron chi connectivity index (χ1n) is 11.0. The Bertz CT molecular complexity index is 602. The first-order valence-corrected chi connectivity index (χ1v) is 12.8. The van der Waals surface area contributed by atoms with Crippen molar-refractivity contribution in [3.8, 4) is 0 Å². The maximum atomic E-state index is 6.74. The van der Waals surface area contributed by atoms with Crippen molar-refractivity contribution in [2.24, 2.45) is 0 Å². The van der Waals surface area contributed by atoms with Gasteiger partial charge in [0.25, 0.3) is 0 Å². The van der Waals surface area contributed by atoms with Crippen LogP contribution in [0.15, 0.2) is 60.7 Å². The lowest BCUT2D eigenvalue weighted by Crippen LogP contribution is -2.64. The molecular weight excluding hydrogens is 376 g/mol. The lowest BCUT2D eigenvalue weighted by molar-refractivity contribution is 0.147. The molecule has 0 aliphatic carbocycles. The van der Waals surface area contributed by atoms with Crippen LogP contribution in [0.2, 0.25) is 0 Å². The quantitative estimate of drug-likeness (QED) is 0.444. The van der Waals surface area contributed by atoms with Gasteiger partial charge in [-0.2, -0.15) is 0 Å². The topological polar surface area (TPSA) is 24.9 Å². The van der Waals surface area contributed by atoms with Gasteiger partial charge in [0.2, 0.25) is 0 Å². The Morgan fingerprint density at radius 3 is 1.24 bits per heavy atom. The van der Waals surface area contributed by atoms with Gasteiger partial charge in [-0.1, -0.05) is 88.4 Å². The molecule has 0 saturated carbocycles. The van der Waals surface area contributed by atoms with Crippen molar-refractivity contribution < 1.29 is 8.85 Å². The molecular formula is C24H38N2O2Si. The van der Waals surface area contributed by atoms with Gasteiger partial charge in [-0.15, -0.1) is 0 Å². The molecule has 0 atom stereocenters. The van der Waals surface area contributed by atoms with Gasteiger partial charge in [0.15, 0.2) is 0 Å². The van der Waals surface area contributed by atoms with Gasteiger partial charge in [-0.25, -0.2) is 0 Å². The minimum Gasteiger partial charge on any atom is -0.386 e. The summed E-state index contributed by atoms with van der Waals surface area (Å²) in [5, 5.41) is 2.34. The number of rotatable bonds is 14. The molecule has 0 radical (unpaired) electrons. The van der Waals surface area contributed by atoms with Crippen LogP contribution in [-0.2, 0) is 8.85 Å². The summed E-state index contributed by atoms with van der Waals surface area (Å²) < 4.78 is 13.5. The van der Waals surface area contributed by atoms with Crippen molar-refractivity contribution in [3.05, 3.63) is 60.7 Å². The van der Waals surface area contributed by atoms with E-state index in [1.807, 2.05) is 0 Å². The molecule has 0 saturated heterocycles. The van der Waals surface area contributed by atoms with Crippen LogP contribution < -0.4 is 10.4 Å². The third-order valence-corrected chi connectivity index (χ3v) is 8.93. The molecule has 0 unspecified atom stereocenters. The van der Waals surface area contributed by atoms with Crippen LogP contribution in [0.3, 0.4) is 0 Å². The van der Waals surface area contributed by atoms with E-state index in [0.29, 0.717) is 13.2 Å². The molecule has 4 nitrogen and oxygen atoms in total. The van der Waals surface area contributed by atoms with Crippen molar-refractivity contribution in [2.45, 2.75) is 27.7 Å². The van der Waals surface area contributed by atoms with Crippen molar-refractivity contribution in [3.63, 3.8) is 0 Å². The Hall–Kier alpha value is -1.50. The van der Waals surface area contributed by atoms with Crippen molar-refractivity contribution >= 4 is 18.9 Å². The average Bonchev–Trinajstić information content (AvgIpc) is 2.79. The highest BCUT2D eigenvalue weighted by Crippen LogP contribution is 2.11. The Labute approximate surface area is 178 Å². The molecule has 5 heteroatoms. The van der Waals surface area contributed by atoms with E-state index in [0.717, 1.165) is 39.3 Å². The fraction of sp³-hybridized carbons (Fsp3) is 0.500. The van der Waals surface area contributed by atoms with Crippen molar-refractivity contribution in [1.29, 1.82) is 0 Å². The van der Waals surface area contributed by atoms with Crippen LogP contribution >= 0.6 is 0 Å². The second kappa shape index (κ2) is 12.9. The smallest absolute Gasteiger partial charge is 0.386 e. The summed E-state index contributed by atoms with van der Waals surface area (Å²) in [6.45, 7) is 16.1. The Kier molecular flexibility index (Phi) is 10.6. The lowest BCUT2D eigenvalue weighted by atomic mass is 10.4. The molecule has 2 rings (SSSR count). The SMILES string of the molecule is CCN(CC)CCO[Si](OCCN(CC)CC)(c1ccccc1)c1ccccc1. The van der Waals surface area contributed by atoms with E-state index in [1.165, 1.54) is 10.4 Å². The number of likely N-dealkylation sites (N-methyl/N-ethyl adjacent to an activating group) is 2. The van der Waals surface area contributed by atoms with Gasteiger partial charge >= 0.3 is 8.56 Å². The van der Waals surface area contributed by atoms with Gasteiger partial charge in [0.1, 0.15) is 0 Å². The highest BCUT2D eigenvalue weighted by molar-refractivity contribution is 6.92. The number of benzene rings is 2. The van der Waals surface area contributed by atoms with E-state index in [2.05, 4.69) is 98.2 Å². The minimum atomic E-state index is -2.79. The number of hydrogen-bond donors (Lipinski definition) is 0. The molecule has 0 aromatic heterocycles. The van der Waals surface area contributed by atoms with E-state index in [-0.39, 0.29) is 0 Å². The second-order valence-corrected chi connectivity index (χ2v) is 10.1. The van der Waals surface area contributed by atoms with Crippen molar-refractivity contribution in [1.82, 2.24) is 9.80 Å². The summed E-state index contributed by atoms with van der Waals surface area (Å²) in [6, 6.07) is 21.1. The molecule has 0 amide bonds. The monoisotopic (exact) mass is 414 g/mol. The Balaban J connectivity index is 2.31. The van der Waals surface area contributed by atoms with Crippen LogP contribution in [0, 0.1) is 0 Å². The molecule has 0 aliphatic heterocycles. The van der Waals surface area contributed by atoms with Crippen LogP contribution in [0.25, 0.3) is 0 Å². The summed E-state index contributed by atoms with van der Waals surface area (Å²) >= 11 is 0. The minimum absolute atomic E-state index is 0.670. The Morgan fingerprint density at radius 1 is 0.586 bits per heavy atom. The lowest BCUT2D eigenvalue weighted by Gasteiger charge is -2.33. The largest absolute Gasteiger partial charge is 0.407 e. The van der Waals surface area contributed by atoms with Crippen molar-refractivity contribution in [2.75, 3.05) is 52.5 Å². The van der Waals surface area contributed by atoms with Gasteiger partial charge < -0.3 is 18.7 Å². The molecule has 0 spiro atoms. The fourth-order valence-electron chi connectivity index (χ4n) is 3.57. The fourth-order valence-corrected chi connectivity index (χ4v) is 6.68. The van der Waals surface area contributed by atoms with Crippen LogP contribution in [0.1, 0.15) is 27.7 Å². The van der Waals surface area contributed by atoms with E-state index < -0.39 is 8.56 Å². The zero-order valence-electron chi connectivity index (χ0n) is 18.6. The van der Waals surface area contributed by atoms with Gasteiger partial charge in [0, 0.05) is 26.3 Å². The highest BCUT2D eigenvalue weighted by Gasteiger charge is 2.42. The van der Waals surface area contributed by atoms with Gasteiger partial charge in [0.05, 0.1) is 0 Å². The summed E-state index contributed by atoms with van der Waals surface area (Å²) in [4.78, 5) is 4.79. The second-order valence-electron chi connectivity index (χ2n) is 7.10. The summed E-state index contributed by atoms with van der Waals surface area (Å²) in [6.07, 6.45) is 0. The van der Waals surface area contributed by atoms with Crippen LogP contribution in [0.4, 0.5) is 0 Å². The first-order chi connectivity index (χ1) is 14.2. The molecule has 0 aliphatic rings. The molecule has 2 aromatic carbocycles. The van der Waals surface area contributed by atoms with Gasteiger partial charge in [-0.05, 0) is 36.6 Å². The van der Waals surface area contributed by atoms with Crippen LogP contribution in [0.5, 0.6) is 0 Å². The molecule has 160 valence electrons. The molecule has 0 heterocycles. The predicted molar refractivity (Wildman–Crippen MR) is 125 cm³/mol.